The molecule has 102 valence electrons. The number of hydrogen-bond donors (Lipinski definition) is 0. The highest BCUT2D eigenvalue weighted by molar-refractivity contribution is 7.91. The number of sulfone groups is 1. The van der Waals surface area contributed by atoms with Gasteiger partial charge in [-0.25, -0.2) is 13.2 Å². The molecule has 0 aliphatic carbocycles. The molecule has 2 heterocycles. The van der Waals surface area contributed by atoms with E-state index in [-0.39, 0.29) is 36.0 Å². The minimum absolute atomic E-state index is 0.0131. The standard InChI is InChI=1S/C11H18N2O4S/c1-2-18(16,17)8-7-13-10(14)9-5-3-4-6-12(9)11(13)15/h9H,2-8H2,1H3. The highest BCUT2D eigenvalue weighted by Crippen LogP contribution is 2.26. The van der Waals surface area contributed by atoms with Crippen molar-refractivity contribution in [3.05, 3.63) is 0 Å². The molecule has 0 aromatic carbocycles. The van der Waals surface area contributed by atoms with Crippen molar-refractivity contribution >= 4 is 21.8 Å². The van der Waals surface area contributed by atoms with Gasteiger partial charge in [0, 0.05) is 18.8 Å². The number of imide groups is 1. The van der Waals surface area contributed by atoms with Crippen LogP contribution in [0.1, 0.15) is 26.2 Å². The van der Waals surface area contributed by atoms with E-state index in [0.29, 0.717) is 13.0 Å². The fraction of sp³-hybridized carbons (Fsp3) is 0.818. The molecule has 0 aromatic heterocycles. The van der Waals surface area contributed by atoms with Gasteiger partial charge < -0.3 is 4.90 Å². The van der Waals surface area contributed by atoms with Gasteiger partial charge in [0.1, 0.15) is 6.04 Å². The molecule has 2 aliphatic rings. The Morgan fingerprint density at radius 3 is 2.61 bits per heavy atom. The van der Waals surface area contributed by atoms with E-state index in [9.17, 15) is 18.0 Å². The van der Waals surface area contributed by atoms with Gasteiger partial charge in [-0.1, -0.05) is 6.92 Å². The Balaban J connectivity index is 2.05. The smallest absolute Gasteiger partial charge is 0.312 e. The minimum atomic E-state index is -3.15. The van der Waals surface area contributed by atoms with E-state index in [0.717, 1.165) is 17.7 Å². The average molecular weight is 274 g/mol. The van der Waals surface area contributed by atoms with Crippen LogP contribution in [0.15, 0.2) is 0 Å². The molecule has 2 fully saturated rings. The topological polar surface area (TPSA) is 74.8 Å². The lowest BCUT2D eigenvalue weighted by Crippen LogP contribution is -2.39. The molecule has 0 radical (unpaired) electrons. The highest BCUT2D eigenvalue weighted by Gasteiger charge is 2.45. The first-order chi connectivity index (χ1) is 8.46. The van der Waals surface area contributed by atoms with Crippen molar-refractivity contribution in [1.29, 1.82) is 0 Å². The summed E-state index contributed by atoms with van der Waals surface area (Å²) in [5.41, 5.74) is 0. The van der Waals surface area contributed by atoms with Crippen molar-refractivity contribution in [2.24, 2.45) is 0 Å². The van der Waals surface area contributed by atoms with Crippen molar-refractivity contribution in [2.75, 3.05) is 24.6 Å². The summed E-state index contributed by atoms with van der Waals surface area (Å²) in [7, 11) is -3.15. The van der Waals surface area contributed by atoms with E-state index >= 15 is 0 Å². The molecule has 2 saturated heterocycles. The highest BCUT2D eigenvalue weighted by atomic mass is 32.2. The lowest BCUT2D eigenvalue weighted by Gasteiger charge is -2.26. The molecule has 2 aliphatic heterocycles. The molecule has 3 amide bonds. The maximum Gasteiger partial charge on any atom is 0.327 e. The molecule has 0 N–H and O–H groups in total. The number of hydrogen-bond acceptors (Lipinski definition) is 4. The summed E-state index contributed by atoms with van der Waals surface area (Å²) < 4.78 is 22.8. The SMILES string of the molecule is CCS(=O)(=O)CCN1C(=O)C2CCCCN2C1=O. The average Bonchev–Trinajstić information content (AvgIpc) is 2.61. The summed E-state index contributed by atoms with van der Waals surface area (Å²) >= 11 is 0. The van der Waals surface area contributed by atoms with Crippen LogP contribution in [-0.2, 0) is 14.6 Å². The zero-order chi connectivity index (χ0) is 13.3. The number of urea groups is 1. The number of fused-ring (bicyclic) bond motifs is 1. The first kappa shape index (κ1) is 13.3. The molecule has 1 unspecified atom stereocenters. The third-order valence-electron chi connectivity index (χ3n) is 3.60. The van der Waals surface area contributed by atoms with Crippen LogP contribution in [0.5, 0.6) is 0 Å². The summed E-state index contributed by atoms with van der Waals surface area (Å²) in [6.45, 7) is 2.15. The second kappa shape index (κ2) is 4.87. The summed E-state index contributed by atoms with van der Waals surface area (Å²) in [5, 5.41) is 0. The van der Waals surface area contributed by atoms with Crippen LogP contribution in [0.2, 0.25) is 0 Å². The third kappa shape index (κ3) is 2.36. The molecule has 0 aromatic rings. The predicted molar refractivity (Wildman–Crippen MR) is 65.8 cm³/mol. The summed E-state index contributed by atoms with van der Waals surface area (Å²) in [6, 6.07) is -0.674. The van der Waals surface area contributed by atoms with Crippen LogP contribution in [0.25, 0.3) is 0 Å². The molecule has 0 spiro atoms. The Labute approximate surface area is 107 Å². The van der Waals surface area contributed by atoms with Crippen LogP contribution >= 0.6 is 0 Å². The molecule has 0 saturated carbocycles. The van der Waals surface area contributed by atoms with E-state index in [4.69, 9.17) is 0 Å². The lowest BCUT2D eigenvalue weighted by atomic mass is 10.0. The first-order valence-corrected chi connectivity index (χ1v) is 8.11. The number of piperidine rings is 1. The van der Waals surface area contributed by atoms with Crippen LogP contribution in [-0.4, -0.2) is 60.8 Å². The Kier molecular flexibility index (Phi) is 3.61. The number of amides is 3. The van der Waals surface area contributed by atoms with Crippen LogP contribution < -0.4 is 0 Å². The Morgan fingerprint density at radius 1 is 1.28 bits per heavy atom. The van der Waals surface area contributed by atoms with Gasteiger partial charge in [-0.3, -0.25) is 9.69 Å². The summed E-state index contributed by atoms with van der Waals surface area (Å²) in [5.74, 6) is -0.330. The van der Waals surface area contributed by atoms with Gasteiger partial charge in [0.25, 0.3) is 5.91 Å². The summed E-state index contributed by atoms with van der Waals surface area (Å²) in [4.78, 5) is 26.7. The third-order valence-corrected chi connectivity index (χ3v) is 5.28. The van der Waals surface area contributed by atoms with Gasteiger partial charge in [0.05, 0.1) is 5.75 Å². The molecule has 1 atom stereocenters. The van der Waals surface area contributed by atoms with Gasteiger partial charge in [0.15, 0.2) is 9.84 Å². The number of rotatable bonds is 4. The fourth-order valence-corrected chi connectivity index (χ4v) is 3.18. The van der Waals surface area contributed by atoms with Gasteiger partial charge in [-0.15, -0.1) is 0 Å². The van der Waals surface area contributed by atoms with Gasteiger partial charge in [-0.05, 0) is 19.3 Å². The lowest BCUT2D eigenvalue weighted by molar-refractivity contribution is -0.128. The van der Waals surface area contributed by atoms with Crippen LogP contribution in [0, 0.1) is 0 Å². The Morgan fingerprint density at radius 2 is 2.00 bits per heavy atom. The molecule has 0 bridgehead atoms. The van der Waals surface area contributed by atoms with E-state index in [1.807, 2.05) is 0 Å². The quantitative estimate of drug-likeness (QED) is 0.688. The van der Waals surface area contributed by atoms with E-state index in [1.54, 1.807) is 11.8 Å². The van der Waals surface area contributed by atoms with Crippen molar-refractivity contribution in [1.82, 2.24) is 9.80 Å². The zero-order valence-electron chi connectivity index (χ0n) is 10.5. The fourth-order valence-electron chi connectivity index (χ4n) is 2.43. The van der Waals surface area contributed by atoms with Crippen molar-refractivity contribution < 1.29 is 18.0 Å². The number of carbonyl (C=O) groups is 2. The maximum absolute atomic E-state index is 12.0. The van der Waals surface area contributed by atoms with Crippen LogP contribution in [0.4, 0.5) is 4.79 Å². The van der Waals surface area contributed by atoms with E-state index in [1.165, 1.54) is 0 Å². The molecule has 7 heteroatoms. The Bertz CT molecular complexity index is 436. The minimum Gasteiger partial charge on any atom is -0.312 e. The second-order valence-electron chi connectivity index (χ2n) is 4.71. The zero-order valence-corrected chi connectivity index (χ0v) is 11.3. The molecule has 2 rings (SSSR count). The van der Waals surface area contributed by atoms with Crippen molar-refractivity contribution in [2.45, 2.75) is 32.2 Å². The molecule has 6 nitrogen and oxygen atoms in total. The normalized spacial score (nSPS) is 24.6. The van der Waals surface area contributed by atoms with Crippen LogP contribution in [0.3, 0.4) is 0 Å². The first-order valence-electron chi connectivity index (χ1n) is 6.28. The largest absolute Gasteiger partial charge is 0.327 e. The Hall–Kier alpha value is -1.11. The predicted octanol–water partition coefficient (Wildman–Crippen LogP) is 0.238. The summed E-state index contributed by atoms with van der Waals surface area (Å²) in [6.07, 6.45) is 2.56. The van der Waals surface area contributed by atoms with Crippen molar-refractivity contribution in [3.8, 4) is 0 Å². The second-order valence-corrected chi connectivity index (χ2v) is 7.19. The van der Waals surface area contributed by atoms with Gasteiger partial charge in [-0.2, -0.15) is 0 Å². The maximum atomic E-state index is 12.0. The molecule has 18 heavy (non-hydrogen) atoms. The van der Waals surface area contributed by atoms with Gasteiger partial charge >= 0.3 is 6.03 Å². The van der Waals surface area contributed by atoms with Crippen molar-refractivity contribution in [3.63, 3.8) is 0 Å². The van der Waals surface area contributed by atoms with E-state index in [2.05, 4.69) is 0 Å². The van der Waals surface area contributed by atoms with E-state index < -0.39 is 9.84 Å². The molecular formula is C11H18N2O4S. The number of carbonyl (C=O) groups excluding carboxylic acids is 2. The monoisotopic (exact) mass is 274 g/mol. The van der Waals surface area contributed by atoms with Gasteiger partial charge in [0.2, 0.25) is 0 Å². The molecular weight excluding hydrogens is 256 g/mol. The number of nitrogens with zero attached hydrogens (tertiary/aromatic N) is 2.